The molecule has 0 spiro atoms. The summed E-state index contributed by atoms with van der Waals surface area (Å²) in [5, 5.41) is 13.7. The highest BCUT2D eigenvalue weighted by Gasteiger charge is 2.28. The van der Waals surface area contributed by atoms with E-state index in [0.717, 1.165) is 17.7 Å². The van der Waals surface area contributed by atoms with Crippen LogP contribution in [0.3, 0.4) is 0 Å². The number of carbonyl (C=O) groups excluding carboxylic acids is 1. The number of pyridine rings is 1. The lowest BCUT2D eigenvalue weighted by molar-refractivity contribution is -0.115. The zero-order valence-electron chi connectivity index (χ0n) is 10.5. The lowest BCUT2D eigenvalue weighted by Crippen LogP contribution is -2.22. The van der Waals surface area contributed by atoms with Crippen molar-refractivity contribution in [2.75, 3.05) is 11.1 Å². The van der Waals surface area contributed by atoms with E-state index in [0.29, 0.717) is 11.3 Å². The van der Waals surface area contributed by atoms with Crippen LogP contribution in [-0.4, -0.2) is 16.6 Å². The first-order chi connectivity index (χ1) is 9.79. The molecule has 0 radical (unpaired) electrons. The summed E-state index contributed by atoms with van der Waals surface area (Å²) in [5.74, 6) is 0.879. The number of rotatable bonds is 2. The highest BCUT2D eigenvalue weighted by atomic mass is 32.2. The maximum atomic E-state index is 12.4. The molecule has 3 rings (SSSR count). The molecule has 0 saturated heterocycles. The van der Waals surface area contributed by atoms with Crippen molar-refractivity contribution in [3.05, 3.63) is 45.9 Å². The Hall–Kier alpha value is -1.84. The molecule has 1 aliphatic rings. The van der Waals surface area contributed by atoms with E-state index in [9.17, 15) is 4.79 Å². The van der Waals surface area contributed by atoms with E-state index >= 15 is 0 Å². The van der Waals surface area contributed by atoms with Crippen molar-refractivity contribution in [3.63, 3.8) is 0 Å². The number of carbonyl (C=O) groups is 1. The highest BCUT2D eigenvalue weighted by molar-refractivity contribution is 8.00. The SMILES string of the molecule is N#Cc1cnccc1NC(=O)[C@@H]1SCCc2sccc21. The molecule has 0 aromatic carbocycles. The molecule has 1 N–H and O–H groups in total. The molecular weight excluding hydrogens is 290 g/mol. The van der Waals surface area contributed by atoms with Crippen molar-refractivity contribution in [2.24, 2.45) is 0 Å². The molecule has 2 aromatic heterocycles. The second-order valence-corrected chi connectivity index (χ2v) is 6.54. The lowest BCUT2D eigenvalue weighted by Gasteiger charge is -2.21. The number of thiophene rings is 1. The van der Waals surface area contributed by atoms with Gasteiger partial charge in [0.25, 0.3) is 0 Å². The number of amides is 1. The molecule has 1 atom stereocenters. The van der Waals surface area contributed by atoms with Gasteiger partial charge in [-0.25, -0.2) is 0 Å². The summed E-state index contributed by atoms with van der Waals surface area (Å²) in [4.78, 5) is 17.6. The zero-order chi connectivity index (χ0) is 13.9. The van der Waals surface area contributed by atoms with Crippen LogP contribution in [0.25, 0.3) is 0 Å². The number of nitrogens with one attached hydrogen (secondary N) is 1. The summed E-state index contributed by atoms with van der Waals surface area (Å²) in [5.41, 5.74) is 2.01. The van der Waals surface area contributed by atoms with Gasteiger partial charge in [-0.3, -0.25) is 9.78 Å². The first kappa shape index (κ1) is 13.2. The van der Waals surface area contributed by atoms with E-state index in [-0.39, 0.29) is 11.2 Å². The second-order valence-electron chi connectivity index (χ2n) is 4.32. The maximum Gasteiger partial charge on any atom is 0.242 e. The van der Waals surface area contributed by atoms with Crippen LogP contribution in [0.1, 0.15) is 21.3 Å². The molecule has 1 aliphatic heterocycles. The lowest BCUT2D eigenvalue weighted by atomic mass is 10.1. The molecule has 100 valence electrons. The molecule has 0 fully saturated rings. The van der Waals surface area contributed by atoms with Crippen molar-refractivity contribution >= 4 is 34.7 Å². The van der Waals surface area contributed by atoms with Crippen LogP contribution in [0.5, 0.6) is 0 Å². The maximum absolute atomic E-state index is 12.4. The van der Waals surface area contributed by atoms with Crippen LogP contribution in [0.4, 0.5) is 5.69 Å². The Labute approximate surface area is 124 Å². The minimum absolute atomic E-state index is 0.0722. The minimum atomic E-state index is -0.190. The van der Waals surface area contributed by atoms with Crippen molar-refractivity contribution in [2.45, 2.75) is 11.7 Å². The Kier molecular flexibility index (Phi) is 3.72. The Morgan fingerprint density at radius 2 is 2.40 bits per heavy atom. The van der Waals surface area contributed by atoms with Gasteiger partial charge in [-0.05, 0) is 35.2 Å². The second kappa shape index (κ2) is 5.65. The molecule has 3 heterocycles. The summed E-state index contributed by atoms with van der Waals surface area (Å²) in [6.45, 7) is 0. The third kappa shape index (κ3) is 2.42. The van der Waals surface area contributed by atoms with Gasteiger partial charge in [0, 0.05) is 17.3 Å². The molecule has 0 saturated carbocycles. The zero-order valence-corrected chi connectivity index (χ0v) is 12.1. The van der Waals surface area contributed by atoms with E-state index in [2.05, 4.69) is 10.3 Å². The van der Waals surface area contributed by atoms with Crippen molar-refractivity contribution in [3.8, 4) is 6.07 Å². The van der Waals surface area contributed by atoms with E-state index in [4.69, 9.17) is 5.26 Å². The predicted octanol–water partition coefficient (Wildman–Crippen LogP) is 2.98. The van der Waals surface area contributed by atoms with Gasteiger partial charge in [0.1, 0.15) is 11.3 Å². The summed E-state index contributed by atoms with van der Waals surface area (Å²) in [6.07, 6.45) is 4.06. The van der Waals surface area contributed by atoms with Crippen LogP contribution < -0.4 is 5.32 Å². The number of thioether (sulfide) groups is 1. The van der Waals surface area contributed by atoms with Gasteiger partial charge in [-0.2, -0.15) is 5.26 Å². The third-order valence-corrected chi connectivity index (χ3v) is 5.35. The van der Waals surface area contributed by atoms with Crippen LogP contribution in [0.2, 0.25) is 0 Å². The predicted molar refractivity (Wildman–Crippen MR) is 80.8 cm³/mol. The summed E-state index contributed by atoms with van der Waals surface area (Å²) >= 11 is 3.35. The largest absolute Gasteiger partial charge is 0.324 e. The molecule has 0 unspecified atom stereocenters. The molecule has 0 aliphatic carbocycles. The molecule has 20 heavy (non-hydrogen) atoms. The van der Waals surface area contributed by atoms with Crippen molar-refractivity contribution in [1.29, 1.82) is 5.26 Å². The van der Waals surface area contributed by atoms with Gasteiger partial charge >= 0.3 is 0 Å². The van der Waals surface area contributed by atoms with E-state index < -0.39 is 0 Å². The Balaban J connectivity index is 1.83. The Bertz CT molecular complexity index is 690. The van der Waals surface area contributed by atoms with Gasteiger partial charge in [0.2, 0.25) is 5.91 Å². The normalized spacial score (nSPS) is 17.1. The van der Waals surface area contributed by atoms with Gasteiger partial charge in [-0.15, -0.1) is 23.1 Å². The van der Waals surface area contributed by atoms with E-state index in [1.165, 1.54) is 11.1 Å². The quantitative estimate of drug-likeness (QED) is 0.926. The van der Waals surface area contributed by atoms with Gasteiger partial charge in [0.15, 0.2) is 0 Å². The molecule has 2 aromatic rings. The van der Waals surface area contributed by atoms with Crippen LogP contribution in [-0.2, 0) is 11.2 Å². The highest BCUT2D eigenvalue weighted by Crippen LogP contribution is 2.40. The molecule has 6 heteroatoms. The van der Waals surface area contributed by atoms with Crippen LogP contribution >= 0.6 is 23.1 Å². The number of hydrogen-bond donors (Lipinski definition) is 1. The monoisotopic (exact) mass is 301 g/mol. The molecule has 0 bridgehead atoms. The molecule has 1 amide bonds. The van der Waals surface area contributed by atoms with Crippen LogP contribution in [0, 0.1) is 11.3 Å². The van der Waals surface area contributed by atoms with Gasteiger partial charge in [-0.1, -0.05) is 0 Å². The average molecular weight is 301 g/mol. The number of fused-ring (bicyclic) bond motifs is 1. The number of anilines is 1. The number of hydrogen-bond acceptors (Lipinski definition) is 5. The van der Waals surface area contributed by atoms with Gasteiger partial charge in [0.05, 0.1) is 11.3 Å². The fourth-order valence-electron chi connectivity index (χ4n) is 2.15. The Morgan fingerprint density at radius 1 is 1.50 bits per heavy atom. The third-order valence-electron chi connectivity index (χ3n) is 3.11. The number of aromatic nitrogens is 1. The number of aryl methyl sites for hydroxylation is 1. The standard InChI is InChI=1S/C14H11N3OS2/c15-7-9-8-16-4-1-11(9)17-14(18)13-10-2-5-19-12(10)3-6-20-13/h1-2,4-5,8,13H,3,6H2,(H,16,17,18)/t13-/m1/s1. The fraction of sp³-hybridized carbons (Fsp3) is 0.214. The van der Waals surface area contributed by atoms with Crippen molar-refractivity contribution < 1.29 is 4.79 Å². The number of nitrogens with zero attached hydrogens (tertiary/aromatic N) is 2. The van der Waals surface area contributed by atoms with Gasteiger partial charge < -0.3 is 5.32 Å². The summed E-state index contributed by atoms with van der Waals surface area (Å²) < 4.78 is 0. The first-order valence-electron chi connectivity index (χ1n) is 6.12. The Morgan fingerprint density at radius 3 is 3.25 bits per heavy atom. The average Bonchev–Trinajstić information content (AvgIpc) is 2.96. The summed E-state index contributed by atoms with van der Waals surface area (Å²) in [7, 11) is 0. The molecular formula is C14H11N3OS2. The minimum Gasteiger partial charge on any atom is -0.324 e. The topological polar surface area (TPSA) is 65.8 Å². The summed E-state index contributed by atoms with van der Waals surface area (Å²) in [6, 6.07) is 5.71. The number of nitriles is 1. The van der Waals surface area contributed by atoms with E-state index in [1.807, 2.05) is 17.5 Å². The van der Waals surface area contributed by atoms with Crippen LogP contribution in [0.15, 0.2) is 29.9 Å². The fourth-order valence-corrected chi connectivity index (χ4v) is 4.45. The molecule has 4 nitrogen and oxygen atoms in total. The smallest absolute Gasteiger partial charge is 0.242 e. The first-order valence-corrected chi connectivity index (χ1v) is 8.05. The van der Waals surface area contributed by atoms with E-state index in [1.54, 1.807) is 35.4 Å². The van der Waals surface area contributed by atoms with Crippen molar-refractivity contribution in [1.82, 2.24) is 4.98 Å².